The van der Waals surface area contributed by atoms with Crippen LogP contribution in [0, 0.1) is 5.82 Å². The van der Waals surface area contributed by atoms with Gasteiger partial charge in [0.15, 0.2) is 0 Å². The van der Waals surface area contributed by atoms with Gasteiger partial charge < -0.3 is 11.1 Å². The zero-order valence-electron chi connectivity index (χ0n) is 8.74. The number of hydrogen-bond acceptors (Lipinski definition) is 2. The largest absolute Gasteiger partial charge is 0.396 e. The minimum absolute atomic E-state index is 0.0636. The second kappa shape index (κ2) is 5.70. The molecular formula is C12H13FN2O. The number of nitrogen functional groups attached to an aromatic ring is 1. The summed E-state index contributed by atoms with van der Waals surface area (Å²) in [5.74, 6) is -0.698. The number of anilines is 1. The van der Waals surface area contributed by atoms with E-state index in [4.69, 9.17) is 5.73 Å². The maximum Gasteiger partial charge on any atom is 0.244 e. The molecule has 16 heavy (non-hydrogen) atoms. The molecule has 1 amide bonds. The van der Waals surface area contributed by atoms with Crippen LogP contribution < -0.4 is 11.1 Å². The van der Waals surface area contributed by atoms with Crippen LogP contribution >= 0.6 is 0 Å². The third-order valence-electron chi connectivity index (χ3n) is 1.87. The molecule has 4 heteroatoms. The van der Waals surface area contributed by atoms with Gasteiger partial charge in [0.25, 0.3) is 0 Å². The minimum atomic E-state index is -0.465. The standard InChI is InChI=1S/C12H13FN2O/c1-2-7-15-12(16)6-4-9-3-5-10(13)11(14)8-9/h2-6,8H,1,7,14H2,(H,15,16)/b6-4+. The van der Waals surface area contributed by atoms with Crippen molar-refractivity contribution in [3.63, 3.8) is 0 Å². The van der Waals surface area contributed by atoms with Gasteiger partial charge >= 0.3 is 0 Å². The van der Waals surface area contributed by atoms with Crippen LogP contribution in [-0.4, -0.2) is 12.5 Å². The Balaban J connectivity index is 2.65. The summed E-state index contributed by atoms with van der Waals surface area (Å²) in [5, 5.41) is 2.58. The van der Waals surface area contributed by atoms with E-state index < -0.39 is 5.82 Å². The van der Waals surface area contributed by atoms with Crippen molar-refractivity contribution in [2.45, 2.75) is 0 Å². The Morgan fingerprint density at radius 2 is 2.31 bits per heavy atom. The van der Waals surface area contributed by atoms with Crippen molar-refractivity contribution < 1.29 is 9.18 Å². The Morgan fingerprint density at radius 1 is 1.56 bits per heavy atom. The van der Waals surface area contributed by atoms with Crippen LogP contribution in [0.4, 0.5) is 10.1 Å². The number of halogens is 1. The van der Waals surface area contributed by atoms with Gasteiger partial charge in [-0.05, 0) is 23.8 Å². The molecule has 1 rings (SSSR count). The van der Waals surface area contributed by atoms with E-state index in [1.807, 2.05) is 0 Å². The highest BCUT2D eigenvalue weighted by molar-refractivity contribution is 5.91. The molecule has 0 atom stereocenters. The number of nitrogens with two attached hydrogens (primary N) is 1. The molecular weight excluding hydrogens is 207 g/mol. The van der Waals surface area contributed by atoms with Crippen molar-refractivity contribution in [2.24, 2.45) is 0 Å². The van der Waals surface area contributed by atoms with Gasteiger partial charge in [-0.3, -0.25) is 4.79 Å². The van der Waals surface area contributed by atoms with Gasteiger partial charge in [0, 0.05) is 12.6 Å². The van der Waals surface area contributed by atoms with E-state index in [2.05, 4.69) is 11.9 Å². The summed E-state index contributed by atoms with van der Waals surface area (Å²) in [7, 11) is 0. The number of hydrogen-bond donors (Lipinski definition) is 2. The highest BCUT2D eigenvalue weighted by Gasteiger charge is 1.97. The quantitative estimate of drug-likeness (QED) is 0.461. The molecule has 0 spiro atoms. The maximum absolute atomic E-state index is 12.8. The highest BCUT2D eigenvalue weighted by atomic mass is 19.1. The van der Waals surface area contributed by atoms with Crippen molar-refractivity contribution in [1.29, 1.82) is 0 Å². The van der Waals surface area contributed by atoms with E-state index in [1.54, 1.807) is 18.2 Å². The van der Waals surface area contributed by atoms with Crippen LogP contribution in [0.15, 0.2) is 36.9 Å². The lowest BCUT2D eigenvalue weighted by molar-refractivity contribution is -0.116. The molecule has 0 aliphatic carbocycles. The average Bonchev–Trinajstić information content (AvgIpc) is 2.28. The Hall–Kier alpha value is -2.10. The molecule has 0 aromatic heterocycles. The topological polar surface area (TPSA) is 55.1 Å². The van der Waals surface area contributed by atoms with E-state index >= 15 is 0 Å². The minimum Gasteiger partial charge on any atom is -0.396 e. The fourth-order valence-corrected chi connectivity index (χ4v) is 1.07. The molecule has 0 radical (unpaired) electrons. The third-order valence-corrected chi connectivity index (χ3v) is 1.87. The summed E-state index contributed by atoms with van der Waals surface area (Å²) >= 11 is 0. The second-order valence-electron chi connectivity index (χ2n) is 3.15. The third kappa shape index (κ3) is 3.57. The van der Waals surface area contributed by atoms with Crippen LogP contribution in [0.3, 0.4) is 0 Å². The summed E-state index contributed by atoms with van der Waals surface area (Å²) in [5.41, 5.74) is 6.12. The molecule has 0 saturated heterocycles. The molecule has 3 N–H and O–H groups in total. The number of carbonyl (C=O) groups is 1. The molecule has 1 aromatic carbocycles. The van der Waals surface area contributed by atoms with Crippen molar-refractivity contribution in [3.05, 3.63) is 48.3 Å². The van der Waals surface area contributed by atoms with Crippen LogP contribution in [0.5, 0.6) is 0 Å². The predicted octanol–water partition coefficient (Wildman–Crippen LogP) is 1.72. The summed E-state index contributed by atoms with van der Waals surface area (Å²) < 4.78 is 12.8. The van der Waals surface area contributed by atoms with Crippen LogP contribution in [0.2, 0.25) is 0 Å². The van der Waals surface area contributed by atoms with E-state index in [9.17, 15) is 9.18 Å². The van der Waals surface area contributed by atoms with Gasteiger partial charge in [-0.2, -0.15) is 0 Å². The SMILES string of the molecule is C=CCNC(=O)/C=C/c1ccc(F)c(N)c1. The molecule has 1 aromatic rings. The predicted molar refractivity (Wildman–Crippen MR) is 63.1 cm³/mol. The average molecular weight is 220 g/mol. The number of nitrogens with one attached hydrogen (secondary N) is 1. The molecule has 3 nitrogen and oxygen atoms in total. The Bertz CT molecular complexity index is 427. The number of amides is 1. The van der Waals surface area contributed by atoms with Crippen molar-refractivity contribution in [3.8, 4) is 0 Å². The zero-order chi connectivity index (χ0) is 12.0. The van der Waals surface area contributed by atoms with E-state index in [0.29, 0.717) is 12.1 Å². The van der Waals surface area contributed by atoms with E-state index in [0.717, 1.165) is 0 Å². The van der Waals surface area contributed by atoms with Crippen molar-refractivity contribution >= 4 is 17.7 Å². The highest BCUT2D eigenvalue weighted by Crippen LogP contribution is 2.13. The smallest absolute Gasteiger partial charge is 0.244 e. The molecule has 0 fully saturated rings. The fraction of sp³-hybridized carbons (Fsp3) is 0.0833. The lowest BCUT2D eigenvalue weighted by Gasteiger charge is -1.98. The van der Waals surface area contributed by atoms with Gasteiger partial charge in [0.2, 0.25) is 5.91 Å². The van der Waals surface area contributed by atoms with Crippen LogP contribution in [0.1, 0.15) is 5.56 Å². The molecule has 0 aliphatic heterocycles. The van der Waals surface area contributed by atoms with Crippen LogP contribution in [0.25, 0.3) is 6.08 Å². The summed E-state index contributed by atoms with van der Waals surface area (Å²) in [4.78, 5) is 11.2. The lowest BCUT2D eigenvalue weighted by Crippen LogP contribution is -2.20. The molecule has 0 saturated carbocycles. The Labute approximate surface area is 93.5 Å². The van der Waals surface area contributed by atoms with Crippen molar-refractivity contribution in [2.75, 3.05) is 12.3 Å². The van der Waals surface area contributed by atoms with E-state index in [1.165, 1.54) is 18.2 Å². The molecule has 0 aliphatic rings. The summed E-state index contributed by atoms with van der Waals surface area (Å²) in [6, 6.07) is 4.27. The van der Waals surface area contributed by atoms with Gasteiger partial charge in [-0.15, -0.1) is 6.58 Å². The van der Waals surface area contributed by atoms with Gasteiger partial charge in [-0.1, -0.05) is 12.1 Å². The number of benzene rings is 1. The number of rotatable bonds is 4. The van der Waals surface area contributed by atoms with Gasteiger partial charge in [0.1, 0.15) is 5.82 Å². The maximum atomic E-state index is 12.8. The molecule has 0 bridgehead atoms. The Morgan fingerprint density at radius 3 is 2.94 bits per heavy atom. The van der Waals surface area contributed by atoms with Crippen LogP contribution in [-0.2, 0) is 4.79 Å². The normalized spacial score (nSPS) is 10.3. The first kappa shape index (κ1) is 12.0. The summed E-state index contributed by atoms with van der Waals surface area (Å²) in [6.07, 6.45) is 4.51. The molecule has 0 heterocycles. The second-order valence-corrected chi connectivity index (χ2v) is 3.15. The monoisotopic (exact) mass is 220 g/mol. The lowest BCUT2D eigenvalue weighted by atomic mass is 10.2. The summed E-state index contributed by atoms with van der Waals surface area (Å²) in [6.45, 7) is 3.89. The molecule has 0 unspecified atom stereocenters. The van der Waals surface area contributed by atoms with E-state index in [-0.39, 0.29) is 11.6 Å². The first-order valence-electron chi connectivity index (χ1n) is 4.75. The first-order chi connectivity index (χ1) is 7.63. The first-order valence-corrected chi connectivity index (χ1v) is 4.75. The fourth-order valence-electron chi connectivity index (χ4n) is 1.07. The van der Waals surface area contributed by atoms with Gasteiger partial charge in [0.05, 0.1) is 5.69 Å². The Kier molecular flexibility index (Phi) is 4.27. The van der Waals surface area contributed by atoms with Gasteiger partial charge in [-0.25, -0.2) is 4.39 Å². The van der Waals surface area contributed by atoms with Crippen molar-refractivity contribution in [1.82, 2.24) is 5.32 Å². The molecule has 84 valence electrons. The zero-order valence-corrected chi connectivity index (χ0v) is 8.74. The number of carbonyl (C=O) groups excluding carboxylic acids is 1.